The molecular weight excluding hydrogens is 248 g/mol. The molecule has 0 aliphatic carbocycles. The summed E-state index contributed by atoms with van der Waals surface area (Å²) in [5, 5.41) is 18.3. The Labute approximate surface area is 113 Å². The topological polar surface area (TPSA) is 81.1 Å². The van der Waals surface area contributed by atoms with Crippen molar-refractivity contribution in [3.05, 3.63) is 0 Å². The lowest BCUT2D eigenvalue weighted by Crippen LogP contribution is -2.47. The maximum Gasteiger partial charge on any atom is 0.306 e. The first-order valence-corrected chi connectivity index (χ1v) is 6.97. The fourth-order valence-electron chi connectivity index (χ4n) is 2.74. The lowest BCUT2D eigenvalue weighted by molar-refractivity contribution is -0.146. The van der Waals surface area contributed by atoms with Crippen LogP contribution in [0.25, 0.3) is 0 Å². The summed E-state index contributed by atoms with van der Waals surface area (Å²) in [6.07, 6.45) is 2.35. The van der Waals surface area contributed by atoms with Crippen molar-refractivity contribution in [1.82, 2.24) is 9.80 Å². The Morgan fingerprint density at radius 3 is 2.11 bits per heavy atom. The van der Waals surface area contributed by atoms with Crippen molar-refractivity contribution in [3.8, 4) is 0 Å². The predicted octanol–water partition coefficient (Wildman–Crippen LogP) is -0.234. The van der Waals surface area contributed by atoms with Crippen LogP contribution in [0.5, 0.6) is 0 Å². The number of hydrogen-bond acceptors (Lipinski definition) is 4. The van der Waals surface area contributed by atoms with Crippen molar-refractivity contribution in [3.63, 3.8) is 0 Å². The molecule has 19 heavy (non-hydrogen) atoms. The van der Waals surface area contributed by atoms with Crippen LogP contribution in [0.15, 0.2) is 0 Å². The Hall–Kier alpha value is -1.14. The molecule has 2 heterocycles. The van der Waals surface area contributed by atoms with Gasteiger partial charge in [0.25, 0.3) is 0 Å². The van der Waals surface area contributed by atoms with E-state index in [2.05, 4.69) is 4.90 Å². The van der Waals surface area contributed by atoms with Crippen LogP contribution < -0.4 is 0 Å². The summed E-state index contributed by atoms with van der Waals surface area (Å²) in [5.74, 6) is -0.966. The van der Waals surface area contributed by atoms with Gasteiger partial charge in [-0.25, -0.2) is 0 Å². The van der Waals surface area contributed by atoms with Gasteiger partial charge in [-0.15, -0.1) is 0 Å². The van der Waals surface area contributed by atoms with Gasteiger partial charge in [-0.3, -0.25) is 14.5 Å². The zero-order valence-electron chi connectivity index (χ0n) is 11.1. The number of aliphatic carboxylic acids is 1. The average molecular weight is 270 g/mol. The van der Waals surface area contributed by atoms with Gasteiger partial charge in [0, 0.05) is 26.2 Å². The van der Waals surface area contributed by atoms with E-state index in [1.165, 1.54) is 0 Å². The van der Waals surface area contributed by atoms with E-state index >= 15 is 0 Å². The van der Waals surface area contributed by atoms with Crippen molar-refractivity contribution in [1.29, 1.82) is 0 Å². The summed E-state index contributed by atoms with van der Waals surface area (Å²) >= 11 is 0. The van der Waals surface area contributed by atoms with Crippen LogP contribution in [0.4, 0.5) is 0 Å². The molecule has 0 spiro atoms. The number of likely N-dealkylation sites (tertiary alicyclic amines) is 2. The molecular formula is C13H22N2O4. The number of carbonyl (C=O) groups excluding carboxylic acids is 1. The first-order valence-electron chi connectivity index (χ1n) is 6.97. The van der Waals surface area contributed by atoms with Gasteiger partial charge < -0.3 is 15.1 Å². The summed E-state index contributed by atoms with van der Waals surface area (Å²) < 4.78 is 0. The van der Waals surface area contributed by atoms with E-state index < -0.39 is 5.97 Å². The van der Waals surface area contributed by atoms with Crippen LogP contribution in [0.2, 0.25) is 0 Å². The second kappa shape index (κ2) is 6.34. The smallest absolute Gasteiger partial charge is 0.306 e. The maximum atomic E-state index is 12.1. The van der Waals surface area contributed by atoms with Crippen LogP contribution in [-0.2, 0) is 9.59 Å². The Kier molecular flexibility index (Phi) is 4.76. The Morgan fingerprint density at radius 2 is 1.58 bits per heavy atom. The predicted molar refractivity (Wildman–Crippen MR) is 68.6 cm³/mol. The molecule has 0 bridgehead atoms. The normalized spacial score (nSPS) is 23.5. The lowest BCUT2D eigenvalue weighted by Gasteiger charge is -2.34. The molecule has 2 N–H and O–H groups in total. The molecule has 6 nitrogen and oxygen atoms in total. The van der Waals surface area contributed by atoms with Gasteiger partial charge in [-0.1, -0.05) is 0 Å². The third-order valence-corrected chi connectivity index (χ3v) is 4.11. The number of carboxylic acid groups (broad SMARTS) is 1. The highest BCUT2D eigenvalue weighted by Gasteiger charge is 2.28. The SMILES string of the molecule is O=C(O)C1CCN(C(=O)CN2CCC(O)CC2)CC1. The molecule has 1 amide bonds. The maximum absolute atomic E-state index is 12.1. The fourth-order valence-corrected chi connectivity index (χ4v) is 2.74. The molecule has 6 heteroatoms. The summed E-state index contributed by atoms with van der Waals surface area (Å²) in [4.78, 5) is 26.8. The number of aliphatic hydroxyl groups excluding tert-OH is 1. The number of rotatable bonds is 3. The van der Waals surface area contributed by atoms with Gasteiger partial charge in [0.15, 0.2) is 0 Å². The van der Waals surface area contributed by atoms with Crippen LogP contribution in [0, 0.1) is 5.92 Å². The number of amides is 1. The Morgan fingerprint density at radius 1 is 1.00 bits per heavy atom. The van der Waals surface area contributed by atoms with Crippen molar-refractivity contribution >= 4 is 11.9 Å². The highest BCUT2D eigenvalue weighted by molar-refractivity contribution is 5.79. The van der Waals surface area contributed by atoms with Gasteiger partial charge in [0.2, 0.25) is 5.91 Å². The fraction of sp³-hybridized carbons (Fsp3) is 0.846. The summed E-state index contributed by atoms with van der Waals surface area (Å²) in [6, 6.07) is 0. The van der Waals surface area contributed by atoms with Crippen molar-refractivity contribution in [2.24, 2.45) is 5.92 Å². The molecule has 0 aromatic rings. The van der Waals surface area contributed by atoms with E-state index in [1.54, 1.807) is 4.90 Å². The van der Waals surface area contributed by atoms with Gasteiger partial charge in [-0.05, 0) is 25.7 Å². The first kappa shape index (κ1) is 14.3. The zero-order valence-corrected chi connectivity index (χ0v) is 11.1. The molecule has 2 fully saturated rings. The minimum atomic E-state index is -0.753. The molecule has 0 aromatic carbocycles. The highest BCUT2D eigenvalue weighted by atomic mass is 16.4. The number of carboxylic acids is 1. The van der Waals surface area contributed by atoms with E-state index in [1.807, 2.05) is 0 Å². The number of piperidine rings is 2. The van der Waals surface area contributed by atoms with Crippen molar-refractivity contribution in [2.45, 2.75) is 31.8 Å². The largest absolute Gasteiger partial charge is 0.481 e. The molecule has 0 unspecified atom stereocenters. The highest BCUT2D eigenvalue weighted by Crippen LogP contribution is 2.18. The number of carbonyl (C=O) groups is 2. The lowest BCUT2D eigenvalue weighted by atomic mass is 9.97. The second-order valence-electron chi connectivity index (χ2n) is 5.50. The third kappa shape index (κ3) is 3.91. The second-order valence-corrected chi connectivity index (χ2v) is 5.50. The van der Waals surface area contributed by atoms with E-state index in [0.29, 0.717) is 32.5 Å². The van der Waals surface area contributed by atoms with E-state index in [4.69, 9.17) is 5.11 Å². The van der Waals surface area contributed by atoms with E-state index in [0.717, 1.165) is 25.9 Å². The standard InChI is InChI=1S/C13H22N2O4/c16-11-3-5-14(6-4-11)9-12(17)15-7-1-10(2-8-15)13(18)19/h10-11,16H,1-9H2,(H,18,19). The molecule has 2 aliphatic rings. The Bertz CT molecular complexity index is 332. The molecule has 0 aromatic heterocycles. The van der Waals surface area contributed by atoms with Crippen molar-refractivity contribution in [2.75, 3.05) is 32.7 Å². The van der Waals surface area contributed by atoms with Crippen LogP contribution >= 0.6 is 0 Å². The van der Waals surface area contributed by atoms with Gasteiger partial charge >= 0.3 is 5.97 Å². The minimum Gasteiger partial charge on any atom is -0.481 e. The van der Waals surface area contributed by atoms with Crippen molar-refractivity contribution < 1.29 is 19.8 Å². The molecule has 0 atom stereocenters. The summed E-state index contributed by atoms with van der Waals surface area (Å²) in [5.41, 5.74) is 0. The summed E-state index contributed by atoms with van der Waals surface area (Å²) in [7, 11) is 0. The van der Waals surface area contributed by atoms with Gasteiger partial charge in [-0.2, -0.15) is 0 Å². The quantitative estimate of drug-likeness (QED) is 0.740. The molecule has 2 saturated heterocycles. The van der Waals surface area contributed by atoms with E-state index in [-0.39, 0.29) is 17.9 Å². The molecule has 0 saturated carbocycles. The monoisotopic (exact) mass is 270 g/mol. The van der Waals surface area contributed by atoms with Gasteiger partial charge in [0.1, 0.15) is 0 Å². The summed E-state index contributed by atoms with van der Waals surface area (Å²) in [6.45, 7) is 3.01. The molecule has 0 radical (unpaired) electrons. The van der Waals surface area contributed by atoms with Crippen LogP contribution in [0.3, 0.4) is 0 Å². The van der Waals surface area contributed by atoms with E-state index in [9.17, 15) is 14.7 Å². The number of aliphatic hydroxyl groups is 1. The van der Waals surface area contributed by atoms with Gasteiger partial charge in [0.05, 0.1) is 18.6 Å². The zero-order chi connectivity index (χ0) is 13.8. The Balaban J connectivity index is 1.74. The third-order valence-electron chi connectivity index (χ3n) is 4.11. The number of nitrogens with zero attached hydrogens (tertiary/aromatic N) is 2. The van der Waals surface area contributed by atoms with Crippen LogP contribution in [0.1, 0.15) is 25.7 Å². The number of hydrogen-bond donors (Lipinski definition) is 2. The average Bonchev–Trinajstić information content (AvgIpc) is 2.41. The molecule has 2 aliphatic heterocycles. The van der Waals surface area contributed by atoms with Crippen LogP contribution in [-0.4, -0.2) is 70.7 Å². The minimum absolute atomic E-state index is 0.0835. The molecule has 2 rings (SSSR count). The molecule has 108 valence electrons. The first-order chi connectivity index (χ1) is 9.06.